The van der Waals surface area contributed by atoms with Crippen LogP contribution in [0.3, 0.4) is 0 Å². The van der Waals surface area contributed by atoms with Crippen LogP contribution < -0.4 is 4.74 Å². The molecule has 20 heavy (non-hydrogen) atoms. The van der Waals surface area contributed by atoms with Gasteiger partial charge in [0.25, 0.3) is 0 Å². The number of nitrogens with zero attached hydrogens (tertiary/aromatic N) is 1. The molecule has 3 fully saturated rings. The van der Waals surface area contributed by atoms with E-state index in [4.69, 9.17) is 9.84 Å². The fourth-order valence-corrected chi connectivity index (χ4v) is 4.17. The summed E-state index contributed by atoms with van der Waals surface area (Å²) in [7, 11) is 0. The largest absolute Gasteiger partial charge is 0.477 e. The molecule has 2 N–H and O–H groups in total. The van der Waals surface area contributed by atoms with Gasteiger partial charge < -0.3 is 9.84 Å². The van der Waals surface area contributed by atoms with E-state index >= 15 is 0 Å². The first kappa shape index (κ1) is 13.5. The number of carboxylic acid groups (broad SMARTS) is 1. The lowest BCUT2D eigenvalue weighted by Crippen LogP contribution is -2.04. The highest BCUT2D eigenvalue weighted by Crippen LogP contribution is 2.93. The van der Waals surface area contributed by atoms with Gasteiger partial charge in [0.15, 0.2) is 0 Å². The fraction of sp³-hybridized carbons (Fsp3) is 0.733. The molecule has 2 spiro atoms. The van der Waals surface area contributed by atoms with E-state index < -0.39 is 5.97 Å². The average Bonchev–Trinajstić information content (AvgIpc) is 3.39. The van der Waals surface area contributed by atoms with Crippen LogP contribution in [0.25, 0.3) is 0 Å². The minimum atomic E-state index is -0.998. The van der Waals surface area contributed by atoms with Crippen molar-refractivity contribution in [1.82, 2.24) is 10.2 Å². The minimum Gasteiger partial charge on any atom is -0.477 e. The molecular weight excluding hydrogens is 256 g/mol. The lowest BCUT2D eigenvalue weighted by Gasteiger charge is -2.04. The number of hydrogen-bond donors (Lipinski definition) is 2. The highest BCUT2D eigenvalue weighted by atomic mass is 16.5. The van der Waals surface area contributed by atoms with Crippen molar-refractivity contribution >= 4 is 5.97 Å². The molecule has 0 atom stereocenters. The maximum absolute atomic E-state index is 10.9. The molecule has 3 aliphatic carbocycles. The monoisotopic (exact) mass is 278 g/mol. The lowest BCUT2D eigenvalue weighted by molar-refractivity contribution is 0.0692. The number of fused-ring (bicyclic) bond motifs is 1. The van der Waals surface area contributed by atoms with E-state index in [1.54, 1.807) is 0 Å². The summed E-state index contributed by atoms with van der Waals surface area (Å²) in [5.41, 5.74) is 1.51. The molecule has 5 heteroatoms. The van der Waals surface area contributed by atoms with Crippen molar-refractivity contribution in [2.75, 3.05) is 6.61 Å². The molecule has 0 saturated heterocycles. The Labute approximate surface area is 118 Å². The van der Waals surface area contributed by atoms with Gasteiger partial charge in [-0.25, -0.2) is 9.89 Å². The van der Waals surface area contributed by atoms with Crippen LogP contribution in [-0.4, -0.2) is 27.9 Å². The van der Waals surface area contributed by atoms with Gasteiger partial charge >= 0.3 is 5.97 Å². The van der Waals surface area contributed by atoms with Gasteiger partial charge in [0.05, 0.1) is 12.8 Å². The Morgan fingerprint density at radius 3 is 2.50 bits per heavy atom. The molecule has 0 aliphatic heterocycles. The van der Waals surface area contributed by atoms with Crippen molar-refractivity contribution in [3.05, 3.63) is 11.8 Å². The molecule has 0 bridgehead atoms. The first-order valence-electron chi connectivity index (χ1n) is 7.59. The van der Waals surface area contributed by atoms with Crippen molar-refractivity contribution in [3.8, 4) is 5.88 Å². The van der Waals surface area contributed by atoms with E-state index in [0.29, 0.717) is 17.4 Å². The first-order chi connectivity index (χ1) is 9.70. The molecule has 3 saturated carbocycles. The summed E-state index contributed by atoms with van der Waals surface area (Å²) in [6.45, 7) is 4.59. The summed E-state index contributed by atoms with van der Waals surface area (Å²) < 4.78 is 5.53. The maximum atomic E-state index is 10.9. The zero-order valence-corrected chi connectivity index (χ0v) is 12.1. The zero-order chi connectivity index (χ0) is 14.4. The number of H-pyrrole nitrogens is 1. The van der Waals surface area contributed by atoms with E-state index in [1.165, 1.54) is 31.9 Å². The number of aromatic carboxylic acids is 1. The number of carbonyl (C=O) groups is 1. The molecule has 3 aliphatic rings. The Balaban J connectivity index is 0.000000581. The second-order valence-electron chi connectivity index (χ2n) is 5.92. The maximum Gasteiger partial charge on any atom is 0.342 e. The number of rotatable bonds is 5. The van der Waals surface area contributed by atoms with Crippen molar-refractivity contribution in [2.24, 2.45) is 16.7 Å². The summed E-state index contributed by atoms with van der Waals surface area (Å²) >= 11 is 0. The predicted octanol–water partition coefficient (Wildman–Crippen LogP) is 3.09. The number of aromatic amines is 1. The van der Waals surface area contributed by atoms with Gasteiger partial charge in [-0.1, -0.05) is 13.8 Å². The number of carboxylic acids is 1. The minimum absolute atomic E-state index is 0.119. The highest BCUT2D eigenvalue weighted by molar-refractivity contribution is 5.89. The van der Waals surface area contributed by atoms with Crippen LogP contribution >= 0.6 is 0 Å². The van der Waals surface area contributed by atoms with Crippen LogP contribution in [-0.2, 0) is 0 Å². The highest BCUT2D eigenvalue weighted by Gasteiger charge is 2.85. The first-order valence-corrected chi connectivity index (χ1v) is 7.59. The molecule has 4 rings (SSSR count). The summed E-state index contributed by atoms with van der Waals surface area (Å²) in [6, 6.07) is 0. The molecule has 5 nitrogen and oxygen atoms in total. The Morgan fingerprint density at radius 2 is 2.00 bits per heavy atom. The van der Waals surface area contributed by atoms with E-state index in [1.807, 2.05) is 13.8 Å². The second kappa shape index (κ2) is 4.50. The van der Waals surface area contributed by atoms with Crippen LogP contribution in [0.4, 0.5) is 0 Å². The van der Waals surface area contributed by atoms with Crippen LogP contribution in [0.5, 0.6) is 5.88 Å². The molecule has 110 valence electrons. The molecular formula is C15H22N2O3. The summed E-state index contributed by atoms with van der Waals surface area (Å²) in [5.74, 6) is 0.126. The summed E-state index contributed by atoms with van der Waals surface area (Å²) in [5, 5.41) is 15.2. The normalized spacial score (nSPS) is 23.1. The fourth-order valence-electron chi connectivity index (χ4n) is 4.17. The van der Waals surface area contributed by atoms with Crippen molar-refractivity contribution in [1.29, 1.82) is 0 Å². The van der Waals surface area contributed by atoms with Crippen molar-refractivity contribution in [3.63, 3.8) is 0 Å². The summed E-state index contributed by atoms with van der Waals surface area (Å²) in [4.78, 5) is 10.9. The number of hydrogen-bond acceptors (Lipinski definition) is 3. The van der Waals surface area contributed by atoms with E-state index in [2.05, 4.69) is 10.2 Å². The Bertz CT molecular complexity index is 497. The topological polar surface area (TPSA) is 75.2 Å². The van der Waals surface area contributed by atoms with Gasteiger partial charge in [0.2, 0.25) is 5.88 Å². The van der Waals surface area contributed by atoms with Crippen LogP contribution in [0, 0.1) is 16.7 Å². The van der Waals surface area contributed by atoms with Gasteiger partial charge in [-0.3, -0.25) is 0 Å². The third kappa shape index (κ3) is 1.75. The Hall–Kier alpha value is -1.52. The zero-order valence-electron chi connectivity index (χ0n) is 12.1. The van der Waals surface area contributed by atoms with Gasteiger partial charge in [0, 0.05) is 0 Å². The van der Waals surface area contributed by atoms with Gasteiger partial charge in [0.1, 0.15) is 5.56 Å². The standard InChI is InChI=1S/C13H16N2O3.C2H6/c16-11(17)8-7-14-15-10(8)18-6-1-9-12(2-3-12)13(9)4-5-13;1-2/h7,9H,1-6H2,(H,14,15)(H,16,17);1-2H3. The second-order valence-corrected chi connectivity index (χ2v) is 5.92. The van der Waals surface area contributed by atoms with E-state index in [9.17, 15) is 4.79 Å². The average molecular weight is 278 g/mol. The summed E-state index contributed by atoms with van der Waals surface area (Å²) in [6.07, 6.45) is 7.96. The number of ether oxygens (including phenoxy) is 1. The van der Waals surface area contributed by atoms with Gasteiger partial charge in [-0.05, 0) is 48.9 Å². The lowest BCUT2D eigenvalue weighted by atomic mass is 10.2. The van der Waals surface area contributed by atoms with Gasteiger partial charge in [-0.15, -0.1) is 0 Å². The quantitative estimate of drug-likeness (QED) is 0.867. The van der Waals surface area contributed by atoms with Crippen LogP contribution in [0.15, 0.2) is 6.20 Å². The molecule has 1 aromatic heterocycles. The van der Waals surface area contributed by atoms with Gasteiger partial charge in [-0.2, -0.15) is 5.10 Å². The molecule has 1 heterocycles. The van der Waals surface area contributed by atoms with Crippen molar-refractivity contribution < 1.29 is 14.6 Å². The third-order valence-electron chi connectivity index (χ3n) is 5.31. The van der Waals surface area contributed by atoms with Crippen molar-refractivity contribution in [2.45, 2.75) is 46.0 Å². The SMILES string of the molecule is CC.O=C(O)c1cn[nH]c1OCCC1C2(CC2)C12CC2. The van der Waals surface area contributed by atoms with Crippen LogP contribution in [0.1, 0.15) is 56.3 Å². The van der Waals surface area contributed by atoms with E-state index in [0.717, 1.165) is 12.3 Å². The predicted molar refractivity (Wildman–Crippen MR) is 73.8 cm³/mol. The molecule has 0 radical (unpaired) electrons. The van der Waals surface area contributed by atoms with E-state index in [-0.39, 0.29) is 11.4 Å². The smallest absolute Gasteiger partial charge is 0.342 e. The molecule has 0 amide bonds. The Morgan fingerprint density at radius 1 is 1.40 bits per heavy atom. The molecule has 1 aromatic rings. The Kier molecular flexibility index (Phi) is 3.03. The number of aromatic nitrogens is 2. The molecule has 0 unspecified atom stereocenters. The third-order valence-corrected chi connectivity index (χ3v) is 5.31. The number of nitrogens with one attached hydrogen (secondary N) is 1. The van der Waals surface area contributed by atoms with Crippen LogP contribution in [0.2, 0.25) is 0 Å². The molecule has 0 aromatic carbocycles.